The van der Waals surface area contributed by atoms with Gasteiger partial charge in [-0.25, -0.2) is 4.39 Å². The van der Waals surface area contributed by atoms with Crippen LogP contribution in [0.25, 0.3) is 0 Å². The van der Waals surface area contributed by atoms with Crippen molar-refractivity contribution in [2.45, 2.75) is 4.21 Å². The normalized spacial score (nSPS) is 12.1. The lowest BCUT2D eigenvalue weighted by atomic mass is 10.2. The number of rotatable bonds is 4. The summed E-state index contributed by atoms with van der Waals surface area (Å²) in [6.45, 7) is 0. The Balaban J connectivity index is 2.02. The minimum absolute atomic E-state index is 0.184. The lowest BCUT2D eigenvalue weighted by Gasteiger charge is -2.07. The Labute approximate surface area is 115 Å². The maximum Gasteiger partial charge on any atom is 0.237 e. The second kappa shape index (κ2) is 5.94. The summed E-state index contributed by atoms with van der Waals surface area (Å²) in [5.74, 6) is -1.15. The van der Waals surface area contributed by atoms with Crippen LogP contribution >= 0.6 is 11.3 Å². The minimum atomic E-state index is -1.40. The highest BCUT2D eigenvalue weighted by Crippen LogP contribution is 2.19. The van der Waals surface area contributed by atoms with Gasteiger partial charge in [0.2, 0.25) is 5.91 Å². The summed E-state index contributed by atoms with van der Waals surface area (Å²) in [6, 6.07) is 7.15. The molecule has 0 aliphatic rings. The van der Waals surface area contributed by atoms with E-state index in [1.54, 1.807) is 17.5 Å². The van der Waals surface area contributed by atoms with Gasteiger partial charge in [-0.15, -0.1) is 11.3 Å². The third-order valence-corrected chi connectivity index (χ3v) is 4.89. The molecule has 4 nitrogen and oxygen atoms in total. The van der Waals surface area contributed by atoms with Crippen LogP contribution in [0.4, 0.5) is 15.8 Å². The highest BCUT2D eigenvalue weighted by molar-refractivity contribution is 7.88. The minimum Gasteiger partial charge on any atom is -0.397 e. The van der Waals surface area contributed by atoms with Crippen LogP contribution in [0.2, 0.25) is 0 Å². The van der Waals surface area contributed by atoms with E-state index in [9.17, 15) is 13.4 Å². The third-order valence-electron chi connectivity index (χ3n) is 2.27. The zero-order valence-electron chi connectivity index (χ0n) is 9.76. The standard InChI is InChI=1S/C12H11FN2O2S2/c13-8-3-4-9(14)10(6-8)15-11(16)7-19(17)12-2-1-5-18-12/h1-6H,7,14H2,(H,15,16). The molecule has 1 unspecified atom stereocenters. The number of nitrogen functional groups attached to an aromatic ring is 1. The van der Waals surface area contributed by atoms with Crippen molar-refractivity contribution >= 4 is 39.4 Å². The topological polar surface area (TPSA) is 72.2 Å². The number of carbonyl (C=O) groups is 1. The van der Waals surface area contributed by atoms with Gasteiger partial charge in [0.1, 0.15) is 11.6 Å². The van der Waals surface area contributed by atoms with E-state index in [1.165, 1.54) is 23.5 Å². The van der Waals surface area contributed by atoms with Crippen LogP contribution in [0.1, 0.15) is 0 Å². The van der Waals surface area contributed by atoms with Gasteiger partial charge in [-0.3, -0.25) is 9.00 Å². The lowest BCUT2D eigenvalue weighted by molar-refractivity contribution is -0.113. The number of nitrogens with two attached hydrogens (primary N) is 1. The predicted molar refractivity (Wildman–Crippen MR) is 75.0 cm³/mol. The summed E-state index contributed by atoms with van der Waals surface area (Å²) in [5.41, 5.74) is 6.06. The van der Waals surface area contributed by atoms with Crippen molar-refractivity contribution in [3.63, 3.8) is 0 Å². The van der Waals surface area contributed by atoms with Gasteiger partial charge in [0.15, 0.2) is 0 Å². The highest BCUT2D eigenvalue weighted by atomic mass is 32.2. The fourth-order valence-electron chi connectivity index (χ4n) is 1.41. The van der Waals surface area contributed by atoms with Crippen LogP contribution in [0.15, 0.2) is 39.9 Å². The Kier molecular flexibility index (Phi) is 4.28. The Hall–Kier alpha value is -1.73. The van der Waals surface area contributed by atoms with E-state index in [1.807, 2.05) is 0 Å². The molecule has 1 aromatic heterocycles. The molecule has 1 aromatic carbocycles. The Morgan fingerprint density at radius 3 is 2.89 bits per heavy atom. The molecule has 100 valence electrons. The number of carbonyl (C=O) groups excluding carboxylic acids is 1. The molecule has 0 saturated carbocycles. The molecule has 3 N–H and O–H groups in total. The fraction of sp³-hybridized carbons (Fsp3) is 0.0833. The first kappa shape index (κ1) is 13.7. The molecule has 0 spiro atoms. The van der Waals surface area contributed by atoms with Crippen LogP contribution in [0, 0.1) is 5.82 Å². The number of thiophene rings is 1. The van der Waals surface area contributed by atoms with Crippen molar-refractivity contribution < 1.29 is 13.4 Å². The molecule has 19 heavy (non-hydrogen) atoms. The fourth-order valence-corrected chi connectivity index (χ4v) is 3.31. The average Bonchev–Trinajstić information content (AvgIpc) is 2.87. The smallest absolute Gasteiger partial charge is 0.237 e. The van der Waals surface area contributed by atoms with Crippen molar-refractivity contribution in [2.24, 2.45) is 0 Å². The van der Waals surface area contributed by atoms with Crippen molar-refractivity contribution in [1.82, 2.24) is 0 Å². The molecule has 0 aliphatic carbocycles. The molecule has 1 amide bonds. The largest absolute Gasteiger partial charge is 0.397 e. The quantitative estimate of drug-likeness (QED) is 0.850. The molecule has 2 aromatic rings. The van der Waals surface area contributed by atoms with Crippen LogP contribution in [-0.2, 0) is 15.6 Å². The number of hydrogen-bond donors (Lipinski definition) is 2. The molecular formula is C12H11FN2O2S2. The summed E-state index contributed by atoms with van der Waals surface area (Å²) in [5, 5.41) is 4.24. The van der Waals surface area contributed by atoms with E-state index in [4.69, 9.17) is 5.73 Å². The molecule has 1 atom stereocenters. The molecule has 0 saturated heterocycles. The predicted octanol–water partition coefficient (Wildman–Crippen LogP) is 2.22. The molecule has 0 bridgehead atoms. The van der Waals surface area contributed by atoms with Gasteiger partial charge >= 0.3 is 0 Å². The summed E-state index contributed by atoms with van der Waals surface area (Å²) in [4.78, 5) is 11.7. The molecule has 0 fully saturated rings. The van der Waals surface area contributed by atoms with E-state index in [0.29, 0.717) is 4.21 Å². The average molecular weight is 298 g/mol. The maximum atomic E-state index is 13.0. The van der Waals surface area contributed by atoms with Crippen LogP contribution in [0.5, 0.6) is 0 Å². The maximum absolute atomic E-state index is 13.0. The number of halogens is 1. The van der Waals surface area contributed by atoms with Crippen LogP contribution < -0.4 is 11.1 Å². The summed E-state index contributed by atoms with van der Waals surface area (Å²) in [6.07, 6.45) is 0. The molecular weight excluding hydrogens is 287 g/mol. The van der Waals surface area contributed by atoms with Gasteiger partial charge in [-0.05, 0) is 29.6 Å². The number of hydrogen-bond acceptors (Lipinski definition) is 4. The van der Waals surface area contributed by atoms with Crippen LogP contribution in [0.3, 0.4) is 0 Å². The third kappa shape index (κ3) is 3.62. The summed E-state index contributed by atoms with van der Waals surface area (Å²) >= 11 is 1.32. The second-order valence-corrected chi connectivity index (χ2v) is 6.33. The van der Waals surface area contributed by atoms with Crippen molar-refractivity contribution in [2.75, 3.05) is 16.8 Å². The van der Waals surface area contributed by atoms with Crippen molar-refractivity contribution in [3.05, 3.63) is 41.5 Å². The Morgan fingerprint density at radius 2 is 2.21 bits per heavy atom. The van der Waals surface area contributed by atoms with Gasteiger partial charge < -0.3 is 11.1 Å². The van der Waals surface area contributed by atoms with Crippen molar-refractivity contribution in [1.29, 1.82) is 0 Å². The molecule has 0 radical (unpaired) electrons. The number of benzene rings is 1. The molecule has 0 aliphatic heterocycles. The first-order valence-corrected chi connectivity index (χ1v) is 7.53. The van der Waals surface area contributed by atoms with E-state index < -0.39 is 22.5 Å². The summed E-state index contributed by atoms with van der Waals surface area (Å²) < 4.78 is 25.5. The zero-order chi connectivity index (χ0) is 13.8. The van der Waals surface area contributed by atoms with Gasteiger partial charge in [0.25, 0.3) is 0 Å². The second-order valence-electron chi connectivity index (χ2n) is 3.70. The van der Waals surface area contributed by atoms with E-state index in [0.717, 1.165) is 6.07 Å². The summed E-state index contributed by atoms with van der Waals surface area (Å²) in [7, 11) is -1.40. The monoisotopic (exact) mass is 298 g/mol. The molecule has 1 heterocycles. The van der Waals surface area contributed by atoms with Crippen LogP contribution in [-0.4, -0.2) is 15.9 Å². The van der Waals surface area contributed by atoms with E-state index >= 15 is 0 Å². The van der Waals surface area contributed by atoms with E-state index in [-0.39, 0.29) is 17.1 Å². The molecule has 2 rings (SSSR count). The number of anilines is 2. The first-order valence-electron chi connectivity index (χ1n) is 5.33. The van der Waals surface area contributed by atoms with Gasteiger partial charge in [-0.1, -0.05) is 6.07 Å². The SMILES string of the molecule is Nc1ccc(F)cc1NC(=O)CS(=O)c1cccs1. The highest BCUT2D eigenvalue weighted by Gasteiger charge is 2.12. The molecule has 7 heteroatoms. The number of nitrogens with one attached hydrogen (secondary N) is 1. The van der Waals surface area contributed by atoms with Gasteiger partial charge in [0.05, 0.1) is 26.4 Å². The number of amides is 1. The van der Waals surface area contributed by atoms with Crippen molar-refractivity contribution in [3.8, 4) is 0 Å². The lowest BCUT2D eigenvalue weighted by Crippen LogP contribution is -2.20. The van der Waals surface area contributed by atoms with Gasteiger partial charge in [-0.2, -0.15) is 0 Å². The van der Waals surface area contributed by atoms with E-state index in [2.05, 4.69) is 5.32 Å². The Morgan fingerprint density at radius 1 is 1.42 bits per heavy atom. The first-order chi connectivity index (χ1) is 9.06. The Bertz CT molecular complexity index is 614. The van der Waals surface area contributed by atoms with Gasteiger partial charge in [0, 0.05) is 0 Å². The zero-order valence-corrected chi connectivity index (χ0v) is 11.4.